The van der Waals surface area contributed by atoms with Crippen molar-refractivity contribution in [3.8, 4) is 5.69 Å². The van der Waals surface area contributed by atoms with Crippen LogP contribution in [0.5, 0.6) is 0 Å². The SMILES string of the molecule is Brc1ccc(-n2cc(CN3CCCN(c4noc5ccccc45)CC3)nn2)cc1. The lowest BCUT2D eigenvalue weighted by Gasteiger charge is -2.20. The highest BCUT2D eigenvalue weighted by Crippen LogP contribution is 2.26. The van der Waals surface area contributed by atoms with Gasteiger partial charge in [-0.3, -0.25) is 4.90 Å². The molecule has 2 aromatic heterocycles. The molecule has 0 bridgehead atoms. The molecule has 1 aliphatic heterocycles. The Labute approximate surface area is 177 Å². The number of hydrogen-bond acceptors (Lipinski definition) is 6. The number of anilines is 1. The summed E-state index contributed by atoms with van der Waals surface area (Å²) >= 11 is 3.46. The minimum Gasteiger partial charge on any atom is -0.354 e. The highest BCUT2D eigenvalue weighted by Gasteiger charge is 2.20. The molecule has 1 fully saturated rings. The van der Waals surface area contributed by atoms with Gasteiger partial charge in [-0.2, -0.15) is 0 Å². The van der Waals surface area contributed by atoms with Crippen molar-refractivity contribution in [3.63, 3.8) is 0 Å². The Hall–Kier alpha value is -2.71. The summed E-state index contributed by atoms with van der Waals surface area (Å²) in [4.78, 5) is 4.75. The molecule has 7 nitrogen and oxygen atoms in total. The predicted molar refractivity (Wildman–Crippen MR) is 115 cm³/mol. The molecule has 5 rings (SSSR count). The average molecular weight is 453 g/mol. The molecule has 3 heterocycles. The van der Waals surface area contributed by atoms with Gasteiger partial charge in [-0.15, -0.1) is 5.10 Å². The molecule has 0 atom stereocenters. The van der Waals surface area contributed by atoms with E-state index in [1.807, 2.05) is 53.3 Å². The minimum atomic E-state index is 0.796. The Kier molecular flexibility index (Phi) is 5.03. The molecule has 148 valence electrons. The molecule has 0 spiro atoms. The maximum absolute atomic E-state index is 5.49. The van der Waals surface area contributed by atoms with E-state index in [2.05, 4.69) is 47.3 Å². The van der Waals surface area contributed by atoms with E-state index in [0.717, 1.165) is 71.8 Å². The van der Waals surface area contributed by atoms with Crippen LogP contribution in [0.25, 0.3) is 16.7 Å². The van der Waals surface area contributed by atoms with Gasteiger partial charge in [0.05, 0.1) is 23.0 Å². The third-order valence-electron chi connectivity index (χ3n) is 5.26. The van der Waals surface area contributed by atoms with Crippen LogP contribution in [0.15, 0.2) is 63.7 Å². The molecule has 0 aliphatic carbocycles. The quantitative estimate of drug-likeness (QED) is 0.468. The lowest BCUT2D eigenvalue weighted by Crippen LogP contribution is -2.30. The van der Waals surface area contributed by atoms with Crippen LogP contribution in [0, 0.1) is 0 Å². The summed E-state index contributed by atoms with van der Waals surface area (Å²) in [5.41, 5.74) is 2.83. The highest BCUT2D eigenvalue weighted by molar-refractivity contribution is 9.10. The van der Waals surface area contributed by atoms with Crippen LogP contribution >= 0.6 is 15.9 Å². The Balaban J connectivity index is 1.25. The van der Waals surface area contributed by atoms with Gasteiger partial charge >= 0.3 is 0 Å². The number of para-hydroxylation sites is 1. The molecule has 29 heavy (non-hydrogen) atoms. The second kappa shape index (κ2) is 7.96. The number of nitrogens with zero attached hydrogens (tertiary/aromatic N) is 6. The van der Waals surface area contributed by atoms with Gasteiger partial charge in [-0.25, -0.2) is 4.68 Å². The topological polar surface area (TPSA) is 63.2 Å². The van der Waals surface area contributed by atoms with Gasteiger partial charge in [0.15, 0.2) is 11.4 Å². The van der Waals surface area contributed by atoms with Gasteiger partial charge in [-0.05, 0) is 42.8 Å². The first kappa shape index (κ1) is 18.3. The first-order chi connectivity index (χ1) is 14.3. The highest BCUT2D eigenvalue weighted by atomic mass is 79.9. The zero-order valence-electron chi connectivity index (χ0n) is 15.9. The van der Waals surface area contributed by atoms with Gasteiger partial charge in [0.25, 0.3) is 0 Å². The van der Waals surface area contributed by atoms with Gasteiger partial charge in [0.1, 0.15) is 0 Å². The Bertz CT molecular complexity index is 1110. The Morgan fingerprint density at radius 2 is 1.83 bits per heavy atom. The zero-order chi connectivity index (χ0) is 19.6. The molecule has 2 aromatic carbocycles. The number of halogens is 1. The normalized spacial score (nSPS) is 15.7. The largest absolute Gasteiger partial charge is 0.354 e. The molecule has 0 radical (unpaired) electrons. The van der Waals surface area contributed by atoms with Crippen LogP contribution in [0.2, 0.25) is 0 Å². The third-order valence-corrected chi connectivity index (χ3v) is 5.79. The molecular formula is C21H21BrN6O. The van der Waals surface area contributed by atoms with Crippen molar-refractivity contribution < 1.29 is 4.52 Å². The Morgan fingerprint density at radius 3 is 2.72 bits per heavy atom. The number of rotatable bonds is 4. The summed E-state index contributed by atoms with van der Waals surface area (Å²) in [7, 11) is 0. The fourth-order valence-corrected chi connectivity index (χ4v) is 4.03. The molecule has 0 unspecified atom stereocenters. The standard InChI is InChI=1S/C21H21BrN6O/c22-16-6-8-18(9-7-16)28-15-17(23-25-28)14-26-10-3-11-27(13-12-26)21-19-4-1-2-5-20(19)29-24-21/h1-2,4-9,15H,3,10-14H2. The van der Waals surface area contributed by atoms with E-state index in [0.29, 0.717) is 0 Å². The van der Waals surface area contributed by atoms with Crippen LogP contribution < -0.4 is 4.90 Å². The maximum atomic E-state index is 5.49. The average Bonchev–Trinajstić information content (AvgIpc) is 3.32. The monoisotopic (exact) mass is 452 g/mol. The fourth-order valence-electron chi connectivity index (χ4n) is 3.76. The fraction of sp³-hybridized carbons (Fsp3) is 0.286. The minimum absolute atomic E-state index is 0.796. The van der Waals surface area contributed by atoms with E-state index >= 15 is 0 Å². The number of hydrogen-bond donors (Lipinski definition) is 0. The van der Waals surface area contributed by atoms with Crippen molar-refractivity contribution in [2.45, 2.75) is 13.0 Å². The molecule has 1 saturated heterocycles. The van der Waals surface area contributed by atoms with Gasteiger partial charge in [-0.1, -0.05) is 38.4 Å². The van der Waals surface area contributed by atoms with E-state index < -0.39 is 0 Å². The molecule has 1 aliphatic rings. The number of benzene rings is 2. The zero-order valence-corrected chi connectivity index (χ0v) is 17.5. The van der Waals surface area contributed by atoms with Crippen molar-refractivity contribution >= 4 is 32.7 Å². The second-order valence-electron chi connectivity index (χ2n) is 7.25. The predicted octanol–water partition coefficient (Wildman–Crippen LogP) is 3.88. The Morgan fingerprint density at radius 1 is 0.966 bits per heavy atom. The molecule has 8 heteroatoms. The molecule has 0 N–H and O–H groups in total. The summed E-state index contributed by atoms with van der Waals surface area (Å²) in [6.07, 6.45) is 3.08. The smallest absolute Gasteiger partial charge is 0.179 e. The van der Waals surface area contributed by atoms with E-state index in [1.54, 1.807) is 0 Å². The summed E-state index contributed by atoms with van der Waals surface area (Å²) in [6.45, 7) is 4.66. The van der Waals surface area contributed by atoms with Crippen molar-refractivity contribution in [2.24, 2.45) is 0 Å². The van der Waals surface area contributed by atoms with Crippen LogP contribution in [-0.4, -0.2) is 51.2 Å². The second-order valence-corrected chi connectivity index (χ2v) is 8.17. The van der Waals surface area contributed by atoms with Crippen molar-refractivity contribution in [2.75, 3.05) is 31.1 Å². The van der Waals surface area contributed by atoms with Crippen LogP contribution in [0.1, 0.15) is 12.1 Å². The maximum Gasteiger partial charge on any atom is 0.179 e. The first-order valence-corrected chi connectivity index (χ1v) is 10.5. The van der Waals surface area contributed by atoms with Crippen LogP contribution in [-0.2, 0) is 6.54 Å². The van der Waals surface area contributed by atoms with E-state index in [-0.39, 0.29) is 0 Å². The van der Waals surface area contributed by atoms with E-state index in [1.165, 1.54) is 0 Å². The van der Waals surface area contributed by atoms with Crippen LogP contribution in [0.4, 0.5) is 5.82 Å². The summed E-state index contributed by atoms with van der Waals surface area (Å²) < 4.78 is 8.37. The van der Waals surface area contributed by atoms with Gasteiger partial charge in [0, 0.05) is 37.2 Å². The van der Waals surface area contributed by atoms with Gasteiger partial charge < -0.3 is 9.42 Å². The molecule has 0 saturated carbocycles. The number of fused-ring (bicyclic) bond motifs is 1. The van der Waals surface area contributed by atoms with Crippen molar-refractivity contribution in [1.29, 1.82) is 0 Å². The van der Waals surface area contributed by atoms with Crippen molar-refractivity contribution in [1.82, 2.24) is 25.1 Å². The lowest BCUT2D eigenvalue weighted by molar-refractivity contribution is 0.282. The van der Waals surface area contributed by atoms with E-state index in [4.69, 9.17) is 4.52 Å². The van der Waals surface area contributed by atoms with Gasteiger partial charge in [0.2, 0.25) is 0 Å². The molecule has 4 aromatic rings. The summed E-state index contributed by atoms with van der Waals surface area (Å²) in [5, 5.41) is 14.1. The van der Waals surface area contributed by atoms with Crippen molar-refractivity contribution in [3.05, 3.63) is 64.9 Å². The lowest BCUT2D eigenvalue weighted by atomic mass is 10.2. The molecular weight excluding hydrogens is 432 g/mol. The third kappa shape index (κ3) is 3.90. The van der Waals surface area contributed by atoms with E-state index in [9.17, 15) is 0 Å². The first-order valence-electron chi connectivity index (χ1n) is 9.75. The number of aromatic nitrogens is 4. The summed E-state index contributed by atoms with van der Waals surface area (Å²) in [6, 6.07) is 16.1. The summed E-state index contributed by atoms with van der Waals surface area (Å²) in [5.74, 6) is 0.948. The van der Waals surface area contributed by atoms with Crippen LogP contribution in [0.3, 0.4) is 0 Å². The molecule has 0 amide bonds.